The summed E-state index contributed by atoms with van der Waals surface area (Å²) in [5, 5.41) is 15.7. The second-order valence-electron chi connectivity index (χ2n) is 6.04. The van der Waals surface area contributed by atoms with E-state index in [2.05, 4.69) is 10.6 Å². The second-order valence-corrected chi connectivity index (χ2v) is 6.04. The molecule has 0 bridgehead atoms. The van der Waals surface area contributed by atoms with Crippen LogP contribution in [0, 0.1) is 0 Å². The van der Waals surface area contributed by atoms with Gasteiger partial charge in [-0.3, -0.25) is 4.79 Å². The Labute approximate surface area is 141 Å². The second kappa shape index (κ2) is 7.36. The smallest absolute Gasteiger partial charge is 0.176 e. The number of carbonyl (C=O) groups is 1. The molecule has 0 spiro atoms. The minimum absolute atomic E-state index is 0.0592. The van der Waals surface area contributed by atoms with Gasteiger partial charge in [0.15, 0.2) is 5.78 Å². The van der Waals surface area contributed by atoms with Crippen molar-refractivity contribution in [3.63, 3.8) is 0 Å². The van der Waals surface area contributed by atoms with Crippen molar-refractivity contribution in [2.24, 2.45) is 0 Å². The molecule has 1 aliphatic rings. The molecular weight excluding hydrogens is 304 g/mol. The summed E-state index contributed by atoms with van der Waals surface area (Å²) in [4.78, 5) is 12.3. The number of hydrogen-bond donors (Lipinski definition) is 3. The normalized spacial score (nSPS) is 16.0. The Balaban J connectivity index is 1.49. The first-order valence-corrected chi connectivity index (χ1v) is 8.18. The molecule has 0 radical (unpaired) electrons. The van der Waals surface area contributed by atoms with E-state index in [0.29, 0.717) is 18.7 Å². The number of benzene rings is 2. The van der Waals surface area contributed by atoms with E-state index in [9.17, 15) is 9.90 Å². The summed E-state index contributed by atoms with van der Waals surface area (Å²) in [7, 11) is 0. The highest BCUT2D eigenvalue weighted by atomic mass is 16.5. The Bertz CT molecular complexity index is 713. The van der Waals surface area contributed by atoms with Crippen molar-refractivity contribution in [3.8, 4) is 11.5 Å². The molecule has 1 heterocycles. The predicted molar refractivity (Wildman–Crippen MR) is 94.0 cm³/mol. The van der Waals surface area contributed by atoms with Gasteiger partial charge in [-0.05, 0) is 55.8 Å². The van der Waals surface area contributed by atoms with Gasteiger partial charge in [0.25, 0.3) is 0 Å². The lowest BCUT2D eigenvalue weighted by atomic mass is 10.1. The average molecular weight is 326 g/mol. The molecule has 1 unspecified atom stereocenters. The van der Waals surface area contributed by atoms with Crippen molar-refractivity contribution in [3.05, 3.63) is 53.6 Å². The van der Waals surface area contributed by atoms with Crippen molar-refractivity contribution in [2.75, 3.05) is 25.0 Å². The van der Waals surface area contributed by atoms with Crippen molar-refractivity contribution in [1.29, 1.82) is 0 Å². The zero-order chi connectivity index (χ0) is 16.9. The maximum Gasteiger partial charge on any atom is 0.176 e. The summed E-state index contributed by atoms with van der Waals surface area (Å²) < 4.78 is 5.72. The van der Waals surface area contributed by atoms with Crippen molar-refractivity contribution < 1.29 is 14.6 Å². The summed E-state index contributed by atoms with van der Waals surface area (Å²) in [5.74, 6) is 1.12. The largest absolute Gasteiger partial charge is 0.508 e. The monoisotopic (exact) mass is 326 g/mol. The molecule has 126 valence electrons. The minimum Gasteiger partial charge on any atom is -0.508 e. The molecule has 0 amide bonds. The Morgan fingerprint density at radius 3 is 2.88 bits per heavy atom. The van der Waals surface area contributed by atoms with E-state index in [1.54, 1.807) is 12.1 Å². The molecule has 0 saturated heterocycles. The molecule has 0 saturated carbocycles. The van der Waals surface area contributed by atoms with E-state index < -0.39 is 0 Å². The number of rotatable bonds is 6. The molecule has 3 N–H and O–H groups in total. The van der Waals surface area contributed by atoms with Gasteiger partial charge < -0.3 is 20.5 Å². The third-order valence-electron chi connectivity index (χ3n) is 4.02. The molecule has 1 atom stereocenters. The number of hydrogen-bond acceptors (Lipinski definition) is 5. The van der Waals surface area contributed by atoms with Crippen LogP contribution < -0.4 is 15.4 Å². The number of anilines is 1. The molecule has 5 nitrogen and oxygen atoms in total. The molecule has 2 aromatic carbocycles. The summed E-state index contributed by atoms with van der Waals surface area (Å²) in [6.07, 6.45) is 0.950. The van der Waals surface area contributed by atoms with Crippen molar-refractivity contribution in [2.45, 2.75) is 19.4 Å². The first kappa shape index (κ1) is 16.3. The number of fused-ring (bicyclic) bond motifs is 1. The first-order chi connectivity index (χ1) is 11.6. The van der Waals surface area contributed by atoms with Gasteiger partial charge in [0.1, 0.15) is 17.6 Å². The number of nitrogens with one attached hydrogen (secondary N) is 2. The van der Waals surface area contributed by atoms with Gasteiger partial charge in [0, 0.05) is 5.56 Å². The summed E-state index contributed by atoms with van der Waals surface area (Å²) in [6, 6.07) is 12.6. The summed E-state index contributed by atoms with van der Waals surface area (Å²) in [6.45, 7) is 3.76. The van der Waals surface area contributed by atoms with E-state index >= 15 is 0 Å². The lowest BCUT2D eigenvalue weighted by Gasteiger charge is -2.25. The van der Waals surface area contributed by atoms with Gasteiger partial charge in [-0.2, -0.15) is 0 Å². The third-order valence-corrected chi connectivity index (χ3v) is 4.02. The zero-order valence-electron chi connectivity index (χ0n) is 13.7. The van der Waals surface area contributed by atoms with Crippen LogP contribution >= 0.6 is 0 Å². The fourth-order valence-electron chi connectivity index (χ4n) is 2.66. The van der Waals surface area contributed by atoms with Gasteiger partial charge in [0.05, 0.1) is 18.8 Å². The molecule has 2 aromatic rings. The standard InChI is InChI=1S/C19H22N2O3/c1-13-11-21-17-10-15(4-7-19(17)24-13)18(23)12-20-9-8-14-2-5-16(22)6-3-14/h2-7,10,13,20-22H,8-9,11-12H2,1H3. The topological polar surface area (TPSA) is 70.6 Å². The quantitative estimate of drug-likeness (QED) is 0.562. The van der Waals surface area contributed by atoms with Crippen LogP contribution in [0.25, 0.3) is 0 Å². The maximum atomic E-state index is 12.3. The molecule has 0 fully saturated rings. The number of aromatic hydroxyl groups is 1. The van der Waals surface area contributed by atoms with E-state index in [1.807, 2.05) is 37.3 Å². The number of ketones is 1. The Morgan fingerprint density at radius 1 is 1.29 bits per heavy atom. The molecule has 1 aliphatic heterocycles. The molecule has 24 heavy (non-hydrogen) atoms. The lowest BCUT2D eigenvalue weighted by Crippen LogP contribution is -2.28. The zero-order valence-corrected chi connectivity index (χ0v) is 13.7. The fraction of sp³-hybridized carbons (Fsp3) is 0.316. The van der Waals surface area contributed by atoms with Crippen LogP contribution in [0.1, 0.15) is 22.8 Å². The van der Waals surface area contributed by atoms with Crippen molar-refractivity contribution >= 4 is 11.5 Å². The van der Waals surface area contributed by atoms with Crippen LogP contribution in [-0.4, -0.2) is 36.6 Å². The van der Waals surface area contributed by atoms with Crippen LogP contribution in [0.3, 0.4) is 0 Å². The first-order valence-electron chi connectivity index (χ1n) is 8.18. The Morgan fingerprint density at radius 2 is 2.08 bits per heavy atom. The highest BCUT2D eigenvalue weighted by molar-refractivity contribution is 5.98. The van der Waals surface area contributed by atoms with Crippen LogP contribution in [-0.2, 0) is 6.42 Å². The number of carbonyl (C=O) groups excluding carboxylic acids is 1. The van der Waals surface area contributed by atoms with Crippen LogP contribution in [0.4, 0.5) is 5.69 Å². The van der Waals surface area contributed by atoms with E-state index in [0.717, 1.165) is 30.0 Å². The molecule has 0 aliphatic carbocycles. The Kier molecular flexibility index (Phi) is 5.01. The average Bonchev–Trinajstić information content (AvgIpc) is 2.59. The van der Waals surface area contributed by atoms with Gasteiger partial charge >= 0.3 is 0 Å². The van der Waals surface area contributed by atoms with Gasteiger partial charge in [-0.15, -0.1) is 0 Å². The van der Waals surface area contributed by atoms with E-state index in [1.165, 1.54) is 0 Å². The van der Waals surface area contributed by atoms with Crippen LogP contribution in [0.15, 0.2) is 42.5 Å². The molecule has 5 heteroatoms. The predicted octanol–water partition coefficient (Wildman–Crippen LogP) is 2.60. The van der Waals surface area contributed by atoms with Gasteiger partial charge in [-0.1, -0.05) is 12.1 Å². The van der Waals surface area contributed by atoms with E-state index in [4.69, 9.17) is 4.74 Å². The third kappa shape index (κ3) is 4.06. The number of phenolic OH excluding ortho intramolecular Hbond substituents is 1. The minimum atomic E-state index is 0.0592. The van der Waals surface area contributed by atoms with Gasteiger partial charge in [0.2, 0.25) is 0 Å². The highest BCUT2D eigenvalue weighted by Crippen LogP contribution is 2.29. The number of Topliss-reactive ketones (excluding diaryl/α,β-unsaturated/α-hetero) is 1. The lowest BCUT2D eigenvalue weighted by molar-refractivity contribution is 0.0991. The number of ether oxygens (including phenoxy) is 1. The molecular formula is C19H22N2O3. The number of phenols is 1. The Hall–Kier alpha value is -2.53. The molecule has 0 aromatic heterocycles. The maximum absolute atomic E-state index is 12.3. The van der Waals surface area contributed by atoms with Crippen LogP contribution in [0.5, 0.6) is 11.5 Å². The van der Waals surface area contributed by atoms with Crippen LogP contribution in [0.2, 0.25) is 0 Å². The summed E-state index contributed by atoms with van der Waals surface area (Å²) in [5.41, 5.74) is 2.68. The van der Waals surface area contributed by atoms with Gasteiger partial charge in [-0.25, -0.2) is 0 Å². The SMILES string of the molecule is CC1CNc2cc(C(=O)CNCCc3ccc(O)cc3)ccc2O1. The fourth-order valence-corrected chi connectivity index (χ4v) is 2.66. The highest BCUT2D eigenvalue weighted by Gasteiger charge is 2.17. The molecule has 3 rings (SSSR count). The summed E-state index contributed by atoms with van der Waals surface area (Å²) >= 11 is 0. The van der Waals surface area contributed by atoms with E-state index in [-0.39, 0.29) is 17.6 Å². The van der Waals surface area contributed by atoms with Crippen molar-refractivity contribution in [1.82, 2.24) is 5.32 Å².